The van der Waals surface area contributed by atoms with Crippen LogP contribution in [-0.4, -0.2) is 31.7 Å². The summed E-state index contributed by atoms with van der Waals surface area (Å²) in [5.41, 5.74) is 4.38. The lowest BCUT2D eigenvalue weighted by molar-refractivity contribution is -0.134. The summed E-state index contributed by atoms with van der Waals surface area (Å²) in [6.45, 7) is 10.7. The Balaban J connectivity index is 1.78. The monoisotopic (exact) mass is 539 g/mol. The number of carbonyl (C=O) groups excluding carboxylic acids is 2. The van der Waals surface area contributed by atoms with Crippen LogP contribution in [0.4, 0.5) is 5.69 Å². The van der Waals surface area contributed by atoms with Crippen molar-refractivity contribution < 1.29 is 23.8 Å². The van der Waals surface area contributed by atoms with Gasteiger partial charge in [0, 0.05) is 28.5 Å². The maximum atomic E-state index is 14.1. The number of rotatable bonds is 7. The normalized spacial score (nSPS) is 13.9. The zero-order valence-corrected chi connectivity index (χ0v) is 24.3. The van der Waals surface area contributed by atoms with Crippen molar-refractivity contribution >= 4 is 29.7 Å². The highest BCUT2D eigenvalue weighted by molar-refractivity contribution is 6.06. The number of hydrogen-bond acceptors (Lipinski definition) is 5. The van der Waals surface area contributed by atoms with Crippen LogP contribution in [0.3, 0.4) is 0 Å². The fourth-order valence-corrected chi connectivity index (χ4v) is 4.54. The van der Waals surface area contributed by atoms with Gasteiger partial charge in [-0.3, -0.25) is 4.79 Å². The number of anilines is 1. The smallest absolute Gasteiger partial charge is 0.330 e. The standard InChI is InChI=1S/C34H37NO5/c1-33(2,3)27-16-14-25(15-17-27)32(37)35(28-10-8-9-23(21-28)11-18-29(36)38-6)22-26-13-12-24-19-20-34(4,5)40-31(24)30(26)39-7/h8-21H,22H2,1-7H3/b18-11+. The third-order valence-electron chi connectivity index (χ3n) is 6.82. The molecule has 0 aromatic heterocycles. The van der Waals surface area contributed by atoms with E-state index in [4.69, 9.17) is 14.2 Å². The van der Waals surface area contributed by atoms with E-state index in [9.17, 15) is 9.59 Å². The molecule has 0 saturated heterocycles. The molecular formula is C34H37NO5. The average Bonchev–Trinajstić information content (AvgIpc) is 2.93. The van der Waals surface area contributed by atoms with Gasteiger partial charge in [-0.2, -0.15) is 0 Å². The van der Waals surface area contributed by atoms with E-state index in [1.54, 1.807) is 18.1 Å². The maximum Gasteiger partial charge on any atom is 0.330 e. The predicted octanol–water partition coefficient (Wildman–Crippen LogP) is 7.21. The molecule has 1 heterocycles. The first kappa shape index (κ1) is 28.7. The number of esters is 1. The Morgan fingerprint density at radius 2 is 1.73 bits per heavy atom. The van der Waals surface area contributed by atoms with Crippen LogP contribution < -0.4 is 14.4 Å². The third kappa shape index (κ3) is 6.45. The van der Waals surface area contributed by atoms with E-state index in [0.717, 1.165) is 22.3 Å². The van der Waals surface area contributed by atoms with Gasteiger partial charge in [-0.1, -0.05) is 63.2 Å². The first-order chi connectivity index (χ1) is 18.9. The van der Waals surface area contributed by atoms with E-state index in [1.807, 2.05) is 86.7 Å². The van der Waals surface area contributed by atoms with Crippen LogP contribution in [0.2, 0.25) is 0 Å². The molecule has 0 spiro atoms. The van der Waals surface area contributed by atoms with E-state index in [2.05, 4.69) is 20.8 Å². The molecule has 208 valence electrons. The minimum Gasteiger partial charge on any atom is -0.492 e. The highest BCUT2D eigenvalue weighted by Crippen LogP contribution is 2.42. The quantitative estimate of drug-likeness (QED) is 0.234. The molecule has 0 fully saturated rings. The second-order valence-electron chi connectivity index (χ2n) is 11.4. The molecule has 0 bridgehead atoms. The molecule has 4 rings (SSSR count). The van der Waals surface area contributed by atoms with Gasteiger partial charge in [0.1, 0.15) is 5.60 Å². The Morgan fingerprint density at radius 3 is 2.38 bits per heavy atom. The first-order valence-corrected chi connectivity index (χ1v) is 13.3. The van der Waals surface area contributed by atoms with Crippen molar-refractivity contribution in [3.05, 3.63) is 101 Å². The lowest BCUT2D eigenvalue weighted by Crippen LogP contribution is -2.31. The molecular weight excluding hydrogens is 502 g/mol. The molecule has 0 saturated carbocycles. The Labute approximate surface area is 236 Å². The zero-order valence-electron chi connectivity index (χ0n) is 24.3. The van der Waals surface area contributed by atoms with Crippen molar-refractivity contribution in [1.29, 1.82) is 0 Å². The van der Waals surface area contributed by atoms with E-state index in [0.29, 0.717) is 22.7 Å². The highest BCUT2D eigenvalue weighted by Gasteiger charge is 2.28. The van der Waals surface area contributed by atoms with Crippen LogP contribution in [0.5, 0.6) is 11.5 Å². The molecule has 0 aliphatic carbocycles. The highest BCUT2D eigenvalue weighted by atomic mass is 16.5. The lowest BCUT2D eigenvalue weighted by atomic mass is 9.86. The van der Waals surface area contributed by atoms with Crippen LogP contribution in [0.25, 0.3) is 12.2 Å². The summed E-state index contributed by atoms with van der Waals surface area (Å²) < 4.78 is 16.9. The molecule has 0 atom stereocenters. The molecule has 1 aliphatic heterocycles. The van der Waals surface area contributed by atoms with E-state index < -0.39 is 11.6 Å². The number of ether oxygens (including phenoxy) is 3. The van der Waals surface area contributed by atoms with Crippen molar-refractivity contribution in [1.82, 2.24) is 0 Å². The van der Waals surface area contributed by atoms with Gasteiger partial charge >= 0.3 is 5.97 Å². The molecule has 0 radical (unpaired) electrons. The SMILES string of the molecule is COC(=O)/C=C/c1cccc(N(Cc2ccc3c(c2OC)OC(C)(C)C=C3)C(=O)c2ccc(C(C)(C)C)cc2)c1. The predicted molar refractivity (Wildman–Crippen MR) is 160 cm³/mol. The second-order valence-corrected chi connectivity index (χ2v) is 11.4. The number of nitrogens with zero attached hydrogens (tertiary/aromatic N) is 1. The van der Waals surface area contributed by atoms with Crippen molar-refractivity contribution in [2.75, 3.05) is 19.1 Å². The van der Waals surface area contributed by atoms with Crippen LogP contribution >= 0.6 is 0 Å². The molecule has 0 N–H and O–H groups in total. The third-order valence-corrected chi connectivity index (χ3v) is 6.82. The van der Waals surface area contributed by atoms with Gasteiger partial charge in [-0.25, -0.2) is 4.79 Å². The summed E-state index contributed by atoms with van der Waals surface area (Å²) in [6, 6.07) is 19.2. The van der Waals surface area contributed by atoms with Gasteiger partial charge in [0.05, 0.1) is 20.8 Å². The molecule has 3 aromatic rings. The summed E-state index contributed by atoms with van der Waals surface area (Å²) >= 11 is 0. The lowest BCUT2D eigenvalue weighted by Gasteiger charge is -2.31. The summed E-state index contributed by atoms with van der Waals surface area (Å²) in [5, 5.41) is 0. The van der Waals surface area contributed by atoms with Crippen molar-refractivity contribution in [2.45, 2.75) is 52.2 Å². The molecule has 6 heteroatoms. The van der Waals surface area contributed by atoms with Crippen molar-refractivity contribution in [3.8, 4) is 11.5 Å². The average molecular weight is 540 g/mol. The Kier molecular flexibility index (Phi) is 8.19. The minimum atomic E-state index is -0.483. The molecule has 1 aliphatic rings. The molecule has 1 amide bonds. The fraction of sp³-hybridized carbons (Fsp3) is 0.294. The first-order valence-electron chi connectivity index (χ1n) is 13.3. The van der Waals surface area contributed by atoms with Gasteiger partial charge < -0.3 is 19.1 Å². The molecule has 0 unspecified atom stereocenters. The Hall–Kier alpha value is -4.32. The van der Waals surface area contributed by atoms with Gasteiger partial charge in [0.2, 0.25) is 0 Å². The van der Waals surface area contributed by atoms with Gasteiger partial charge in [-0.15, -0.1) is 0 Å². The van der Waals surface area contributed by atoms with Crippen LogP contribution in [-0.2, 0) is 21.5 Å². The van der Waals surface area contributed by atoms with E-state index in [-0.39, 0.29) is 17.9 Å². The zero-order chi connectivity index (χ0) is 29.1. The van der Waals surface area contributed by atoms with Crippen LogP contribution in [0, 0.1) is 0 Å². The van der Waals surface area contributed by atoms with Crippen molar-refractivity contribution in [2.24, 2.45) is 0 Å². The summed E-state index contributed by atoms with van der Waals surface area (Å²) in [4.78, 5) is 27.5. The summed E-state index contributed by atoms with van der Waals surface area (Å²) in [5.74, 6) is 0.644. The van der Waals surface area contributed by atoms with Crippen LogP contribution in [0.15, 0.2) is 72.8 Å². The topological polar surface area (TPSA) is 65.1 Å². The van der Waals surface area contributed by atoms with Gasteiger partial charge in [0.15, 0.2) is 11.5 Å². The number of benzene rings is 3. The Morgan fingerprint density at radius 1 is 1.00 bits per heavy atom. The van der Waals surface area contributed by atoms with E-state index in [1.165, 1.54) is 13.2 Å². The number of fused-ring (bicyclic) bond motifs is 1. The van der Waals surface area contributed by atoms with Crippen molar-refractivity contribution in [3.63, 3.8) is 0 Å². The number of hydrogen-bond donors (Lipinski definition) is 0. The minimum absolute atomic E-state index is 0.0275. The number of amides is 1. The molecule has 6 nitrogen and oxygen atoms in total. The fourth-order valence-electron chi connectivity index (χ4n) is 4.54. The summed E-state index contributed by atoms with van der Waals surface area (Å²) in [6.07, 6.45) is 7.06. The Bertz CT molecular complexity index is 1460. The van der Waals surface area contributed by atoms with Gasteiger partial charge in [-0.05, 0) is 66.8 Å². The largest absolute Gasteiger partial charge is 0.492 e. The number of carbonyl (C=O) groups is 2. The molecule has 40 heavy (non-hydrogen) atoms. The summed E-state index contributed by atoms with van der Waals surface area (Å²) in [7, 11) is 2.95. The molecule has 3 aromatic carbocycles. The second kappa shape index (κ2) is 11.4. The van der Waals surface area contributed by atoms with Gasteiger partial charge in [0.25, 0.3) is 5.91 Å². The van der Waals surface area contributed by atoms with E-state index >= 15 is 0 Å². The number of methoxy groups -OCH3 is 2. The van der Waals surface area contributed by atoms with Crippen LogP contribution in [0.1, 0.15) is 67.2 Å². The maximum absolute atomic E-state index is 14.1.